The van der Waals surface area contributed by atoms with Gasteiger partial charge in [0, 0.05) is 31.6 Å². The van der Waals surface area contributed by atoms with Gasteiger partial charge in [0.1, 0.15) is 6.61 Å². The van der Waals surface area contributed by atoms with Gasteiger partial charge in [-0.3, -0.25) is 4.79 Å². The molecule has 1 fully saturated rings. The molecule has 1 heterocycles. The van der Waals surface area contributed by atoms with Gasteiger partial charge in [0.15, 0.2) is 0 Å². The van der Waals surface area contributed by atoms with Crippen LogP contribution in [0.3, 0.4) is 0 Å². The highest BCUT2D eigenvalue weighted by atomic mass is 16.5. The van der Waals surface area contributed by atoms with Crippen LogP contribution in [0, 0.1) is 0 Å². The Hall–Kier alpha value is -2.08. The van der Waals surface area contributed by atoms with Crippen molar-refractivity contribution in [1.82, 2.24) is 4.90 Å². The molecule has 0 aromatic heterocycles. The van der Waals surface area contributed by atoms with E-state index in [4.69, 9.17) is 4.74 Å². The van der Waals surface area contributed by atoms with E-state index in [1.165, 1.54) is 7.11 Å². The summed E-state index contributed by atoms with van der Waals surface area (Å²) >= 11 is 0. The van der Waals surface area contributed by atoms with Crippen molar-refractivity contribution in [3.8, 4) is 0 Å². The number of likely N-dealkylation sites (tertiary alicyclic amines) is 1. The van der Waals surface area contributed by atoms with Crippen LogP contribution in [-0.4, -0.2) is 43.6 Å². The van der Waals surface area contributed by atoms with Crippen LogP contribution in [0.4, 0.5) is 16.2 Å². The molecule has 6 heteroatoms. The summed E-state index contributed by atoms with van der Waals surface area (Å²) in [6.45, 7) is 1.61. The van der Waals surface area contributed by atoms with E-state index in [1.807, 2.05) is 0 Å². The number of rotatable bonds is 4. The highest BCUT2D eigenvalue weighted by Gasteiger charge is 2.17. The first-order chi connectivity index (χ1) is 9.69. The minimum Gasteiger partial charge on any atom is -0.375 e. The molecule has 0 saturated carbocycles. The summed E-state index contributed by atoms with van der Waals surface area (Å²) in [6.07, 6.45) is 2.11. The number of urea groups is 1. The Bertz CT molecular complexity index is 484. The number of anilines is 2. The maximum Gasteiger partial charge on any atom is 0.321 e. The number of nitrogens with one attached hydrogen (secondary N) is 2. The van der Waals surface area contributed by atoms with Gasteiger partial charge in [0.25, 0.3) is 0 Å². The van der Waals surface area contributed by atoms with Crippen LogP contribution >= 0.6 is 0 Å². The van der Waals surface area contributed by atoms with Crippen molar-refractivity contribution >= 4 is 23.3 Å². The molecule has 108 valence electrons. The summed E-state index contributed by atoms with van der Waals surface area (Å²) in [5, 5.41) is 5.53. The molecule has 0 aliphatic carbocycles. The van der Waals surface area contributed by atoms with Gasteiger partial charge >= 0.3 is 6.03 Å². The van der Waals surface area contributed by atoms with Crippen molar-refractivity contribution in [2.45, 2.75) is 12.8 Å². The van der Waals surface area contributed by atoms with Gasteiger partial charge in [-0.15, -0.1) is 0 Å². The Morgan fingerprint density at radius 3 is 2.50 bits per heavy atom. The van der Waals surface area contributed by atoms with Crippen molar-refractivity contribution in [2.24, 2.45) is 0 Å². The molecule has 1 saturated heterocycles. The first-order valence-electron chi connectivity index (χ1n) is 6.64. The van der Waals surface area contributed by atoms with Gasteiger partial charge in [0.2, 0.25) is 5.91 Å². The average Bonchev–Trinajstić information content (AvgIpc) is 2.93. The molecule has 0 unspecified atom stereocenters. The number of hydrogen-bond donors (Lipinski definition) is 2. The zero-order valence-corrected chi connectivity index (χ0v) is 11.5. The van der Waals surface area contributed by atoms with Crippen molar-refractivity contribution < 1.29 is 14.3 Å². The summed E-state index contributed by atoms with van der Waals surface area (Å²) < 4.78 is 4.75. The Morgan fingerprint density at radius 1 is 1.20 bits per heavy atom. The minimum absolute atomic E-state index is 0.00433. The first kappa shape index (κ1) is 14.3. The number of methoxy groups -OCH3 is 1. The van der Waals surface area contributed by atoms with E-state index in [-0.39, 0.29) is 18.5 Å². The van der Waals surface area contributed by atoms with Gasteiger partial charge in [-0.2, -0.15) is 0 Å². The summed E-state index contributed by atoms with van der Waals surface area (Å²) in [4.78, 5) is 25.2. The highest BCUT2D eigenvalue weighted by molar-refractivity contribution is 5.94. The summed E-state index contributed by atoms with van der Waals surface area (Å²) in [6, 6.07) is 6.96. The molecular weight excluding hydrogens is 258 g/mol. The van der Waals surface area contributed by atoms with Crippen molar-refractivity contribution in [1.29, 1.82) is 0 Å². The van der Waals surface area contributed by atoms with Crippen LogP contribution in [0.2, 0.25) is 0 Å². The van der Waals surface area contributed by atoms with Crippen molar-refractivity contribution in [3.63, 3.8) is 0 Å². The average molecular weight is 277 g/mol. The maximum atomic E-state index is 12.0. The molecule has 1 aromatic rings. The third kappa shape index (κ3) is 3.96. The standard InChI is InChI=1S/C14H19N3O3/c1-20-10-13(18)15-11-5-4-6-12(9-11)16-14(19)17-7-2-3-8-17/h4-6,9H,2-3,7-8,10H2,1H3,(H,15,18)(H,16,19). The van der Waals surface area contributed by atoms with E-state index in [1.54, 1.807) is 29.2 Å². The quantitative estimate of drug-likeness (QED) is 0.883. The number of hydrogen-bond acceptors (Lipinski definition) is 3. The zero-order valence-electron chi connectivity index (χ0n) is 11.5. The second-order valence-electron chi connectivity index (χ2n) is 4.69. The lowest BCUT2D eigenvalue weighted by Gasteiger charge is -2.16. The summed E-state index contributed by atoms with van der Waals surface area (Å²) in [7, 11) is 1.46. The fourth-order valence-electron chi connectivity index (χ4n) is 2.13. The summed E-state index contributed by atoms with van der Waals surface area (Å²) in [5.41, 5.74) is 1.29. The van der Waals surface area contributed by atoms with Crippen molar-refractivity contribution in [2.75, 3.05) is 37.4 Å². The van der Waals surface area contributed by atoms with Crippen LogP contribution in [0.1, 0.15) is 12.8 Å². The van der Waals surface area contributed by atoms with Crippen LogP contribution in [0.25, 0.3) is 0 Å². The number of ether oxygens (including phenoxy) is 1. The molecule has 0 atom stereocenters. The number of benzene rings is 1. The number of carbonyl (C=O) groups is 2. The fourth-order valence-corrected chi connectivity index (χ4v) is 2.13. The van der Waals surface area contributed by atoms with Gasteiger partial charge in [-0.1, -0.05) is 6.07 Å². The van der Waals surface area contributed by atoms with E-state index in [0.717, 1.165) is 25.9 Å². The third-order valence-electron chi connectivity index (χ3n) is 3.07. The largest absolute Gasteiger partial charge is 0.375 e. The summed E-state index contributed by atoms with van der Waals surface area (Å²) in [5.74, 6) is -0.226. The van der Waals surface area contributed by atoms with Gasteiger partial charge in [0.05, 0.1) is 0 Å². The Labute approximate surface area is 118 Å². The molecule has 2 N–H and O–H groups in total. The molecule has 3 amide bonds. The van der Waals surface area contributed by atoms with Crippen LogP contribution in [0.5, 0.6) is 0 Å². The number of carbonyl (C=O) groups excluding carboxylic acids is 2. The molecule has 1 aromatic carbocycles. The van der Waals surface area contributed by atoms with Gasteiger partial charge in [-0.25, -0.2) is 4.79 Å². The molecule has 1 aliphatic heterocycles. The molecule has 0 spiro atoms. The monoisotopic (exact) mass is 277 g/mol. The van der Waals surface area contributed by atoms with E-state index in [9.17, 15) is 9.59 Å². The molecular formula is C14H19N3O3. The van der Waals surface area contributed by atoms with Crippen LogP contribution in [0.15, 0.2) is 24.3 Å². The Balaban J connectivity index is 1.95. The predicted molar refractivity (Wildman–Crippen MR) is 76.8 cm³/mol. The predicted octanol–water partition coefficient (Wildman–Crippen LogP) is 1.90. The van der Waals surface area contributed by atoms with E-state index in [2.05, 4.69) is 10.6 Å². The Kier molecular flexibility index (Phi) is 4.95. The first-order valence-corrected chi connectivity index (χ1v) is 6.64. The van der Waals surface area contributed by atoms with E-state index < -0.39 is 0 Å². The van der Waals surface area contributed by atoms with Gasteiger partial charge < -0.3 is 20.3 Å². The molecule has 0 bridgehead atoms. The molecule has 6 nitrogen and oxygen atoms in total. The topological polar surface area (TPSA) is 70.7 Å². The smallest absolute Gasteiger partial charge is 0.321 e. The lowest BCUT2D eigenvalue weighted by atomic mass is 10.2. The zero-order chi connectivity index (χ0) is 14.4. The SMILES string of the molecule is COCC(=O)Nc1cccc(NC(=O)N2CCCC2)c1. The maximum absolute atomic E-state index is 12.0. The lowest BCUT2D eigenvalue weighted by Crippen LogP contribution is -2.32. The highest BCUT2D eigenvalue weighted by Crippen LogP contribution is 2.17. The van der Waals surface area contributed by atoms with E-state index in [0.29, 0.717) is 11.4 Å². The molecule has 20 heavy (non-hydrogen) atoms. The Morgan fingerprint density at radius 2 is 1.85 bits per heavy atom. The van der Waals surface area contributed by atoms with Crippen molar-refractivity contribution in [3.05, 3.63) is 24.3 Å². The van der Waals surface area contributed by atoms with E-state index >= 15 is 0 Å². The van der Waals surface area contributed by atoms with Crippen LogP contribution in [-0.2, 0) is 9.53 Å². The number of amides is 3. The van der Waals surface area contributed by atoms with Crippen LogP contribution < -0.4 is 10.6 Å². The second-order valence-corrected chi connectivity index (χ2v) is 4.69. The third-order valence-corrected chi connectivity index (χ3v) is 3.07. The fraction of sp³-hybridized carbons (Fsp3) is 0.429. The molecule has 1 aliphatic rings. The molecule has 2 rings (SSSR count). The second kappa shape index (κ2) is 6.91. The normalized spacial score (nSPS) is 14.2. The van der Waals surface area contributed by atoms with Gasteiger partial charge in [-0.05, 0) is 31.0 Å². The minimum atomic E-state index is -0.226. The number of nitrogens with zero attached hydrogens (tertiary/aromatic N) is 1. The molecule has 0 radical (unpaired) electrons. The lowest BCUT2D eigenvalue weighted by molar-refractivity contribution is -0.119.